The molecule has 7 N–H and O–H groups in total. The van der Waals surface area contributed by atoms with Gasteiger partial charge in [0.1, 0.15) is 54.0 Å². The lowest BCUT2D eigenvalue weighted by Gasteiger charge is -2.39. The van der Waals surface area contributed by atoms with Gasteiger partial charge in [-0.15, -0.1) is 9.20 Å². The summed E-state index contributed by atoms with van der Waals surface area (Å²) in [6.07, 6.45) is 3.28. The van der Waals surface area contributed by atoms with Crippen LogP contribution in [0, 0.1) is 11.8 Å². The average molecular weight is 1110 g/mol. The van der Waals surface area contributed by atoms with E-state index in [1.165, 1.54) is 12.1 Å². The van der Waals surface area contributed by atoms with Crippen LogP contribution in [0.5, 0.6) is 11.5 Å². The van der Waals surface area contributed by atoms with Crippen LogP contribution >= 0.6 is 23.9 Å². The molecular weight excluding hydrogens is 1060 g/mol. The molecule has 25 nitrogen and oxygen atoms in total. The number of nitrogens with one attached hydrogen (secondary N) is 2. The highest BCUT2D eigenvalue weighted by Gasteiger charge is 2.46. The van der Waals surface area contributed by atoms with Gasteiger partial charge in [-0.25, -0.2) is 32.2 Å². The number of benzene rings is 3. The molecule has 3 unspecified atom stereocenters. The second kappa shape index (κ2) is 19.7. The summed E-state index contributed by atoms with van der Waals surface area (Å²) in [5, 5.41) is 20.6. The minimum atomic E-state index is -5.60. The number of H-pyrrole nitrogens is 1. The van der Waals surface area contributed by atoms with Crippen LogP contribution in [0.25, 0.3) is 5.57 Å². The number of fused-ring (bicyclic) bond motifs is 4. The van der Waals surface area contributed by atoms with Crippen LogP contribution in [0.15, 0.2) is 55.9 Å². The van der Waals surface area contributed by atoms with E-state index in [9.17, 15) is 54.7 Å². The van der Waals surface area contributed by atoms with Crippen molar-refractivity contribution in [1.82, 2.24) is 18.8 Å². The normalized spacial score (nSPS) is 21.8. The van der Waals surface area contributed by atoms with Crippen molar-refractivity contribution in [3.8, 4) is 23.3 Å². The summed E-state index contributed by atoms with van der Waals surface area (Å²) >= 11 is 0. The van der Waals surface area contributed by atoms with E-state index in [4.69, 9.17) is 24.1 Å². The Kier molecular flexibility index (Phi) is 14.0. The van der Waals surface area contributed by atoms with Crippen LogP contribution in [0.4, 0.5) is 5.69 Å². The number of phosphoric acid groups is 2. The number of nitrogens with zero attached hydrogens (tertiary/aromatic N) is 3. The number of anilines is 1. The van der Waals surface area contributed by atoms with Crippen molar-refractivity contribution in [3.05, 3.63) is 107 Å². The van der Waals surface area contributed by atoms with E-state index < -0.39 is 96.7 Å². The van der Waals surface area contributed by atoms with Crippen molar-refractivity contribution in [2.45, 2.75) is 86.0 Å². The van der Waals surface area contributed by atoms with Gasteiger partial charge in [0.15, 0.2) is 0 Å². The number of aryl methyl sites for hydroxylation is 2. The summed E-state index contributed by atoms with van der Waals surface area (Å²) in [5.74, 6) is 6.18. The first-order valence-corrected chi connectivity index (χ1v) is 29.8. The molecule has 3 aromatic carbocycles. The minimum Gasteiger partial charge on any atom is -0.455 e. The highest BCUT2D eigenvalue weighted by atomic mass is 32.2. The highest BCUT2D eigenvalue weighted by Crippen LogP contribution is 2.63. The molecule has 10 rings (SSSR count). The van der Waals surface area contributed by atoms with E-state index in [0.717, 1.165) is 128 Å². The van der Waals surface area contributed by atoms with E-state index in [1.54, 1.807) is 0 Å². The summed E-state index contributed by atoms with van der Waals surface area (Å²) in [4.78, 5) is 47.3. The predicted molar refractivity (Wildman–Crippen MR) is 254 cm³/mol. The first kappa shape index (κ1) is 51.7. The second-order valence-electron chi connectivity index (χ2n) is 17.9. The van der Waals surface area contributed by atoms with E-state index in [0.29, 0.717) is 27.9 Å². The monoisotopic (exact) mass is 1110 g/mol. The first-order chi connectivity index (χ1) is 34.6. The number of hydrogen-bond donors (Lipinski definition) is 7. The van der Waals surface area contributed by atoms with Crippen LogP contribution in [0.1, 0.15) is 77.3 Å². The summed E-state index contributed by atoms with van der Waals surface area (Å²) in [5.41, 5.74) is 4.31. The largest absolute Gasteiger partial charge is 0.708 e. The van der Waals surface area contributed by atoms with Crippen molar-refractivity contribution in [3.63, 3.8) is 0 Å². The Balaban J connectivity index is 0.920. The number of hydrogen-bond acceptors (Lipinski definition) is 18. The lowest BCUT2D eigenvalue weighted by molar-refractivity contribution is -0.157. The number of ether oxygens (including phenoxy) is 2. The number of rotatable bonds is 14. The molecule has 6 atom stereocenters. The molecule has 0 bridgehead atoms. The molecule has 6 aliphatic heterocycles. The highest BCUT2D eigenvalue weighted by molar-refractivity contribution is 7.89. The molecule has 73 heavy (non-hydrogen) atoms. The van der Waals surface area contributed by atoms with Gasteiger partial charge in [-0.2, -0.15) is 17.5 Å². The number of aliphatic hydroxyl groups is 1. The number of aliphatic hydroxyl groups excluding tert-OH is 1. The molecule has 0 saturated carbocycles. The van der Waals surface area contributed by atoms with Crippen LogP contribution in [-0.4, -0.2) is 103 Å². The number of aromatic amines is 1. The van der Waals surface area contributed by atoms with Gasteiger partial charge in [-0.05, 0) is 72.7 Å². The summed E-state index contributed by atoms with van der Waals surface area (Å²) in [6.45, 7) is 2.20. The maximum atomic E-state index is 13.9. The smallest absolute Gasteiger partial charge is 0.455 e. The minimum absolute atomic E-state index is 0.0890. The number of aromatic nitrogens is 2. The van der Waals surface area contributed by atoms with E-state index in [-0.39, 0.29) is 17.5 Å². The molecule has 6 aliphatic rings. The van der Waals surface area contributed by atoms with Gasteiger partial charge < -0.3 is 24.4 Å². The van der Waals surface area contributed by atoms with E-state index in [2.05, 4.69) is 51.5 Å². The third-order valence-electron chi connectivity index (χ3n) is 13.4. The van der Waals surface area contributed by atoms with Gasteiger partial charge in [-0.3, -0.25) is 23.8 Å². The first-order valence-electron chi connectivity index (χ1n) is 22.8. The SMILES string of the molecule is O=c1[nH]c(=O)n([C@@H]2C[C@H](O)[C@@H](CO[P+](=O)OP(=O)(O)OP(=O)(O)OO)O2)cc1C#CCNS(=O)(=O)c1ccc(C2=c3cc4c5c(c3Oc3c2cc2c6c3CCCN6CCC2)CCC[N+]=5CCC4)c(S(=O)(=O)O)c1. The Morgan fingerprint density at radius 1 is 0.932 bits per heavy atom. The van der Waals surface area contributed by atoms with Crippen molar-refractivity contribution in [1.29, 1.82) is 0 Å². The van der Waals surface area contributed by atoms with Crippen LogP contribution in [0.2, 0.25) is 0 Å². The summed E-state index contributed by atoms with van der Waals surface area (Å²) in [7, 11) is -24.3. The zero-order valence-electron chi connectivity index (χ0n) is 38.2. The Morgan fingerprint density at radius 3 is 2.41 bits per heavy atom. The van der Waals surface area contributed by atoms with Gasteiger partial charge >= 0.3 is 29.6 Å². The molecule has 1 fully saturated rings. The van der Waals surface area contributed by atoms with Crippen molar-refractivity contribution in [2.24, 2.45) is 0 Å². The standard InChI is InChI=1S/C43H44N5O20P3S2/c49-33-21-36(64-34(33)23-63-69(53)67-71(56,57)68-70(54,55)66-52)48-22-26(42(50)45-43(48)51)6-1-13-44-72(58,59)27-11-12-28(35(20-27)73(60,61)62)37-31-18-24-7-2-14-46-16-4-9-29(38(24)46)40(31)65-41-30-10-5-17-47-15-3-8-25(39(30)47)19-32(37)41/h11-12,18-20,22,33-34,36,44,49H,2-5,7-10,13-17,21,23H2,(H3-2,45,50,51,52,54,55,56,57,60,61,62)/p+2/t33-,34+,36-/m0/s1. The fourth-order valence-electron chi connectivity index (χ4n) is 10.5. The molecule has 0 spiro atoms. The predicted octanol–water partition coefficient (Wildman–Crippen LogP) is 1.59. The quantitative estimate of drug-likeness (QED) is 0.0207. The molecule has 7 heterocycles. The molecule has 30 heteroatoms. The molecule has 0 aliphatic carbocycles. The van der Waals surface area contributed by atoms with Crippen molar-refractivity contribution < 1.29 is 82.5 Å². The molecule has 0 radical (unpaired) electrons. The fourth-order valence-corrected chi connectivity index (χ4v) is 14.9. The van der Waals surface area contributed by atoms with Gasteiger partial charge in [0, 0.05) is 81.8 Å². The van der Waals surface area contributed by atoms with Crippen molar-refractivity contribution in [2.75, 3.05) is 44.2 Å². The maximum absolute atomic E-state index is 13.9. The van der Waals surface area contributed by atoms with Gasteiger partial charge in [0.2, 0.25) is 15.4 Å². The van der Waals surface area contributed by atoms with Crippen LogP contribution < -0.4 is 40.8 Å². The molecule has 1 saturated heterocycles. The lowest BCUT2D eigenvalue weighted by atomic mass is 9.82. The molecular formula is C43H46N5O20P3S2+2. The molecule has 388 valence electrons. The second-order valence-corrected chi connectivity index (χ2v) is 25.2. The maximum Gasteiger partial charge on any atom is 0.708 e. The lowest BCUT2D eigenvalue weighted by Crippen LogP contribution is -2.45. The van der Waals surface area contributed by atoms with E-state index in [1.807, 2.05) is 4.98 Å². The zero-order chi connectivity index (χ0) is 51.8. The van der Waals surface area contributed by atoms with Gasteiger partial charge in [-0.1, -0.05) is 17.9 Å². The fraction of sp³-hybridized carbons (Fsp3) is 0.419. The topological polar surface area (TPSA) is 349 Å². The van der Waals surface area contributed by atoms with Crippen molar-refractivity contribution >= 4 is 55.3 Å². The van der Waals surface area contributed by atoms with Gasteiger partial charge in [0.25, 0.3) is 15.7 Å². The summed E-state index contributed by atoms with van der Waals surface area (Å²) in [6, 6.07) is 7.60. The zero-order valence-corrected chi connectivity index (χ0v) is 42.5. The van der Waals surface area contributed by atoms with Crippen LogP contribution in [-0.2, 0) is 82.1 Å². The third-order valence-corrected chi connectivity index (χ3v) is 19.2. The third kappa shape index (κ3) is 10.2. The molecule has 4 aromatic rings. The van der Waals surface area contributed by atoms with Gasteiger partial charge in [0.05, 0.1) is 23.1 Å². The Hall–Kier alpha value is -4.81. The summed E-state index contributed by atoms with van der Waals surface area (Å²) < 4.78 is 134. The van der Waals surface area contributed by atoms with Crippen LogP contribution in [0.3, 0.4) is 0 Å². The Morgan fingerprint density at radius 2 is 1.66 bits per heavy atom. The van der Waals surface area contributed by atoms with E-state index >= 15 is 0 Å². The Labute approximate surface area is 415 Å². The molecule has 0 amide bonds. The Bertz CT molecular complexity index is 3680. The molecule has 1 aromatic heterocycles. The average Bonchev–Trinajstić information content (AvgIpc) is 3.71. The number of sulfonamides is 1.